The van der Waals surface area contributed by atoms with E-state index in [1.165, 1.54) is 0 Å². The predicted molar refractivity (Wildman–Crippen MR) is 74.2 cm³/mol. The highest BCUT2D eigenvalue weighted by Gasteiger charge is 2.32. The van der Waals surface area contributed by atoms with Crippen LogP contribution in [0, 0.1) is 0 Å². The molecule has 1 N–H and O–H groups in total. The molecule has 2 atom stereocenters. The topological polar surface area (TPSA) is 53.4 Å². The van der Waals surface area contributed by atoms with E-state index >= 15 is 0 Å². The van der Waals surface area contributed by atoms with Crippen molar-refractivity contribution < 1.29 is 9.90 Å². The number of aromatic carboxylic acids is 1. The number of rotatable bonds is 3. The Balaban J connectivity index is 2.46. The molecule has 18 heavy (non-hydrogen) atoms. The maximum Gasteiger partial charge on any atom is 0.339 e. The average molecular weight is 313 g/mol. The molecule has 0 radical (unpaired) electrons. The van der Waals surface area contributed by atoms with Crippen molar-refractivity contribution in [1.29, 1.82) is 0 Å². The lowest BCUT2D eigenvalue weighted by atomic mass is 10.1. The molecule has 1 aromatic rings. The van der Waals surface area contributed by atoms with Crippen molar-refractivity contribution in [3.05, 3.63) is 22.3 Å². The summed E-state index contributed by atoms with van der Waals surface area (Å²) in [6.45, 7) is 4.26. The van der Waals surface area contributed by atoms with Gasteiger partial charge in [-0.05, 0) is 48.2 Å². The molecule has 0 spiro atoms. The van der Waals surface area contributed by atoms with Gasteiger partial charge >= 0.3 is 5.97 Å². The van der Waals surface area contributed by atoms with E-state index in [1.54, 1.807) is 12.3 Å². The van der Waals surface area contributed by atoms with Crippen LogP contribution in [0.5, 0.6) is 0 Å². The lowest BCUT2D eigenvalue weighted by Gasteiger charge is -2.30. The molecule has 0 bridgehead atoms. The van der Waals surface area contributed by atoms with Gasteiger partial charge in [0, 0.05) is 22.8 Å². The number of carboxylic acid groups (broad SMARTS) is 1. The molecular weight excluding hydrogens is 296 g/mol. The number of hydrogen-bond acceptors (Lipinski definition) is 3. The van der Waals surface area contributed by atoms with Gasteiger partial charge in [-0.1, -0.05) is 6.92 Å². The van der Waals surface area contributed by atoms with Crippen LogP contribution in [0.4, 0.5) is 5.82 Å². The lowest BCUT2D eigenvalue weighted by Crippen LogP contribution is -2.36. The quantitative estimate of drug-likeness (QED) is 0.930. The minimum absolute atomic E-state index is 0.275. The summed E-state index contributed by atoms with van der Waals surface area (Å²) in [5, 5.41) is 9.31. The summed E-state index contributed by atoms with van der Waals surface area (Å²) in [6.07, 6.45) is 4.88. The van der Waals surface area contributed by atoms with Crippen LogP contribution >= 0.6 is 15.9 Å². The largest absolute Gasteiger partial charge is 0.478 e. The molecular formula is C13H17BrN2O2. The SMILES string of the molecule is CCC1CCC(C)N1c1ncc(Br)cc1C(=O)O. The molecule has 4 nitrogen and oxygen atoms in total. The summed E-state index contributed by atoms with van der Waals surface area (Å²) in [5.74, 6) is -0.324. The molecule has 0 aliphatic carbocycles. The Morgan fingerprint density at radius 3 is 2.94 bits per heavy atom. The molecule has 2 heterocycles. The summed E-state index contributed by atoms with van der Waals surface area (Å²) in [5.41, 5.74) is 0.275. The van der Waals surface area contributed by atoms with Crippen molar-refractivity contribution in [1.82, 2.24) is 4.98 Å². The Hall–Kier alpha value is -1.10. The molecule has 0 saturated carbocycles. The molecule has 1 fully saturated rings. The molecule has 2 rings (SSSR count). The number of halogens is 1. The summed E-state index contributed by atoms with van der Waals surface area (Å²) in [7, 11) is 0. The Kier molecular flexibility index (Phi) is 3.90. The first-order chi connectivity index (χ1) is 8.54. The maximum atomic E-state index is 11.3. The Labute approximate surface area is 115 Å². The zero-order valence-corrected chi connectivity index (χ0v) is 12.1. The number of carboxylic acids is 1. The van der Waals surface area contributed by atoms with Gasteiger partial charge < -0.3 is 10.0 Å². The summed E-state index contributed by atoms with van der Waals surface area (Å²) >= 11 is 3.28. The van der Waals surface area contributed by atoms with Gasteiger partial charge in [0.25, 0.3) is 0 Å². The second-order valence-corrected chi connectivity index (χ2v) is 5.64. The average Bonchev–Trinajstić information content (AvgIpc) is 2.70. The smallest absolute Gasteiger partial charge is 0.339 e. The molecule has 2 unspecified atom stereocenters. The minimum Gasteiger partial charge on any atom is -0.478 e. The van der Waals surface area contributed by atoms with Crippen LogP contribution in [0.3, 0.4) is 0 Å². The van der Waals surface area contributed by atoms with Crippen LogP contribution < -0.4 is 4.90 Å². The zero-order valence-electron chi connectivity index (χ0n) is 10.6. The first-order valence-electron chi connectivity index (χ1n) is 6.21. The van der Waals surface area contributed by atoms with Crippen LogP contribution in [0.2, 0.25) is 0 Å². The fraction of sp³-hybridized carbons (Fsp3) is 0.538. The third-order valence-electron chi connectivity index (χ3n) is 3.57. The molecule has 1 aliphatic rings. The molecule has 1 aromatic heterocycles. The van der Waals surface area contributed by atoms with E-state index in [-0.39, 0.29) is 5.56 Å². The molecule has 5 heteroatoms. The second kappa shape index (κ2) is 5.26. The standard InChI is InChI=1S/C13H17BrN2O2/c1-3-10-5-4-8(2)16(10)12-11(13(17)18)6-9(14)7-15-12/h6-8,10H,3-5H2,1-2H3,(H,17,18). The van der Waals surface area contributed by atoms with E-state index in [9.17, 15) is 9.90 Å². The summed E-state index contributed by atoms with van der Waals surface area (Å²) < 4.78 is 0.698. The van der Waals surface area contributed by atoms with Crippen molar-refractivity contribution in [3.8, 4) is 0 Å². The van der Waals surface area contributed by atoms with Gasteiger partial charge in [-0.2, -0.15) is 0 Å². The lowest BCUT2D eigenvalue weighted by molar-refractivity contribution is 0.0697. The Morgan fingerprint density at radius 2 is 2.33 bits per heavy atom. The second-order valence-electron chi connectivity index (χ2n) is 4.73. The van der Waals surface area contributed by atoms with Crippen molar-refractivity contribution in [2.75, 3.05) is 4.90 Å². The highest BCUT2D eigenvalue weighted by Crippen LogP contribution is 2.33. The maximum absolute atomic E-state index is 11.3. The highest BCUT2D eigenvalue weighted by atomic mass is 79.9. The van der Waals surface area contributed by atoms with Crippen LogP contribution in [0.25, 0.3) is 0 Å². The third kappa shape index (κ3) is 2.36. The van der Waals surface area contributed by atoms with Gasteiger partial charge in [-0.3, -0.25) is 0 Å². The zero-order chi connectivity index (χ0) is 13.3. The fourth-order valence-electron chi connectivity index (χ4n) is 2.65. The highest BCUT2D eigenvalue weighted by molar-refractivity contribution is 9.10. The molecule has 1 aliphatic heterocycles. The predicted octanol–water partition coefficient (Wildman–Crippen LogP) is 3.31. The van der Waals surface area contributed by atoms with Crippen molar-refractivity contribution >= 4 is 27.7 Å². The fourth-order valence-corrected chi connectivity index (χ4v) is 2.98. The third-order valence-corrected chi connectivity index (χ3v) is 4.00. The first-order valence-corrected chi connectivity index (χ1v) is 7.01. The normalized spacial score (nSPS) is 23.4. The van der Waals surface area contributed by atoms with Crippen molar-refractivity contribution in [2.24, 2.45) is 0 Å². The Bertz CT molecular complexity index is 464. The van der Waals surface area contributed by atoms with Crippen LogP contribution in [-0.4, -0.2) is 28.1 Å². The number of aromatic nitrogens is 1. The van der Waals surface area contributed by atoms with E-state index in [0.29, 0.717) is 22.4 Å². The monoisotopic (exact) mass is 312 g/mol. The van der Waals surface area contributed by atoms with E-state index in [0.717, 1.165) is 19.3 Å². The van der Waals surface area contributed by atoms with Crippen LogP contribution in [0.15, 0.2) is 16.7 Å². The molecule has 98 valence electrons. The van der Waals surface area contributed by atoms with Crippen LogP contribution in [-0.2, 0) is 0 Å². The number of pyridine rings is 1. The van der Waals surface area contributed by atoms with Gasteiger partial charge in [0.15, 0.2) is 0 Å². The summed E-state index contributed by atoms with van der Waals surface area (Å²) in [6, 6.07) is 2.37. The molecule has 0 amide bonds. The van der Waals surface area contributed by atoms with Crippen molar-refractivity contribution in [3.63, 3.8) is 0 Å². The number of hydrogen-bond donors (Lipinski definition) is 1. The first kappa shape index (κ1) is 13.3. The molecule has 0 aromatic carbocycles. The number of anilines is 1. The van der Waals surface area contributed by atoms with Gasteiger partial charge in [0.05, 0.1) is 0 Å². The van der Waals surface area contributed by atoms with E-state index in [2.05, 4.69) is 39.7 Å². The molecule has 1 saturated heterocycles. The van der Waals surface area contributed by atoms with E-state index in [4.69, 9.17) is 0 Å². The van der Waals surface area contributed by atoms with Gasteiger partial charge in [0.1, 0.15) is 11.4 Å². The minimum atomic E-state index is -0.923. The van der Waals surface area contributed by atoms with Gasteiger partial charge in [-0.15, -0.1) is 0 Å². The van der Waals surface area contributed by atoms with E-state index < -0.39 is 5.97 Å². The Morgan fingerprint density at radius 1 is 1.61 bits per heavy atom. The van der Waals surface area contributed by atoms with E-state index in [1.807, 2.05) is 0 Å². The number of carbonyl (C=O) groups is 1. The number of nitrogens with zero attached hydrogens (tertiary/aromatic N) is 2. The van der Waals surface area contributed by atoms with Gasteiger partial charge in [0.2, 0.25) is 0 Å². The van der Waals surface area contributed by atoms with Crippen LogP contribution in [0.1, 0.15) is 43.5 Å². The van der Waals surface area contributed by atoms with Crippen molar-refractivity contribution in [2.45, 2.75) is 45.2 Å². The van der Waals surface area contributed by atoms with Gasteiger partial charge in [-0.25, -0.2) is 9.78 Å². The summed E-state index contributed by atoms with van der Waals surface area (Å²) in [4.78, 5) is 17.8.